The molecule has 1 aromatic carbocycles. The van der Waals surface area contributed by atoms with E-state index in [9.17, 15) is 8.78 Å². The first-order valence-corrected chi connectivity index (χ1v) is 5.87. The highest BCUT2D eigenvalue weighted by atomic mass is 19.3. The third-order valence-electron chi connectivity index (χ3n) is 2.50. The fourth-order valence-corrected chi connectivity index (χ4v) is 1.64. The van der Waals surface area contributed by atoms with Crippen LogP contribution in [-0.4, -0.2) is 31.5 Å². The van der Waals surface area contributed by atoms with Crippen LogP contribution >= 0.6 is 0 Å². The Balaban J connectivity index is 2.44. The molecule has 0 aliphatic heterocycles. The minimum atomic E-state index is -2.27. The highest BCUT2D eigenvalue weighted by Crippen LogP contribution is 2.08. The first-order chi connectivity index (χ1) is 8.11. The number of benzene rings is 1. The zero-order chi connectivity index (χ0) is 12.7. The molecule has 17 heavy (non-hydrogen) atoms. The van der Waals surface area contributed by atoms with E-state index in [1.807, 2.05) is 24.3 Å². The smallest absolute Gasteiger partial charge is 0.251 e. The zero-order valence-corrected chi connectivity index (χ0v) is 10.4. The molecule has 2 nitrogen and oxygen atoms in total. The lowest BCUT2D eigenvalue weighted by Gasteiger charge is -2.16. The number of hydrogen-bond acceptors (Lipinski definition) is 2. The van der Waals surface area contributed by atoms with Crippen LogP contribution in [0.15, 0.2) is 24.3 Å². The van der Waals surface area contributed by atoms with Crippen molar-refractivity contribution in [2.24, 2.45) is 0 Å². The van der Waals surface area contributed by atoms with Gasteiger partial charge in [0.25, 0.3) is 6.43 Å². The monoisotopic (exact) mass is 242 g/mol. The molecule has 1 rings (SSSR count). The zero-order valence-electron chi connectivity index (χ0n) is 10.4. The second-order valence-corrected chi connectivity index (χ2v) is 4.18. The van der Waals surface area contributed by atoms with Crippen molar-refractivity contribution in [2.75, 3.05) is 20.1 Å². The summed E-state index contributed by atoms with van der Waals surface area (Å²) in [7, 11) is 1.71. The van der Waals surface area contributed by atoms with Crippen LogP contribution in [0.4, 0.5) is 8.78 Å². The Morgan fingerprint density at radius 1 is 1.18 bits per heavy atom. The van der Waals surface area contributed by atoms with Gasteiger partial charge in [0, 0.05) is 13.1 Å². The number of nitrogens with zero attached hydrogens (tertiary/aromatic N) is 1. The molecule has 0 amide bonds. The van der Waals surface area contributed by atoms with Crippen molar-refractivity contribution < 1.29 is 8.78 Å². The third-order valence-corrected chi connectivity index (χ3v) is 2.50. The minimum absolute atomic E-state index is 0.181. The van der Waals surface area contributed by atoms with Gasteiger partial charge in [-0.25, -0.2) is 8.78 Å². The maximum absolute atomic E-state index is 12.1. The molecule has 0 aliphatic rings. The number of alkyl halides is 2. The molecule has 4 heteroatoms. The Morgan fingerprint density at radius 2 is 1.76 bits per heavy atom. The molecule has 0 radical (unpaired) electrons. The summed E-state index contributed by atoms with van der Waals surface area (Å²) in [5.74, 6) is 0. The van der Waals surface area contributed by atoms with E-state index in [1.54, 1.807) is 11.9 Å². The van der Waals surface area contributed by atoms with Crippen molar-refractivity contribution in [3.63, 3.8) is 0 Å². The van der Waals surface area contributed by atoms with Gasteiger partial charge in [-0.15, -0.1) is 0 Å². The molecular weight excluding hydrogens is 222 g/mol. The normalized spacial score (nSPS) is 11.4. The number of rotatable bonds is 7. The lowest BCUT2D eigenvalue weighted by atomic mass is 10.1. The Hall–Kier alpha value is -1.00. The minimum Gasteiger partial charge on any atom is -0.313 e. The first kappa shape index (κ1) is 14.1. The van der Waals surface area contributed by atoms with Crippen molar-refractivity contribution >= 4 is 0 Å². The Kier molecular flexibility index (Phi) is 6.08. The van der Waals surface area contributed by atoms with Crippen LogP contribution in [0.25, 0.3) is 0 Å². The molecule has 0 saturated heterocycles. The average molecular weight is 242 g/mol. The summed E-state index contributed by atoms with van der Waals surface area (Å²) in [6, 6.07) is 8.06. The maximum Gasteiger partial charge on any atom is 0.251 e. The van der Waals surface area contributed by atoms with Gasteiger partial charge in [0.05, 0.1) is 6.54 Å². The molecule has 0 aliphatic carbocycles. The van der Waals surface area contributed by atoms with E-state index in [4.69, 9.17) is 0 Å². The Morgan fingerprint density at radius 3 is 2.29 bits per heavy atom. The summed E-state index contributed by atoms with van der Waals surface area (Å²) in [5.41, 5.74) is 2.28. The van der Waals surface area contributed by atoms with E-state index < -0.39 is 6.43 Å². The van der Waals surface area contributed by atoms with E-state index >= 15 is 0 Å². The van der Waals surface area contributed by atoms with Crippen LogP contribution in [0.1, 0.15) is 18.1 Å². The van der Waals surface area contributed by atoms with E-state index in [0.717, 1.165) is 18.7 Å². The second kappa shape index (κ2) is 7.35. The van der Waals surface area contributed by atoms with E-state index in [0.29, 0.717) is 6.54 Å². The van der Waals surface area contributed by atoms with Gasteiger partial charge in [-0.05, 0) is 24.7 Å². The fourth-order valence-electron chi connectivity index (χ4n) is 1.64. The van der Waals surface area contributed by atoms with Gasteiger partial charge in [0.2, 0.25) is 0 Å². The molecule has 0 saturated carbocycles. The maximum atomic E-state index is 12.1. The SMILES string of the molecule is CCNCc1ccc(CN(C)CC(F)F)cc1. The van der Waals surface area contributed by atoms with Gasteiger partial charge < -0.3 is 5.32 Å². The predicted octanol–water partition coefficient (Wildman–Crippen LogP) is 2.49. The predicted molar refractivity (Wildman–Crippen MR) is 66.2 cm³/mol. The highest BCUT2D eigenvalue weighted by Gasteiger charge is 2.07. The number of hydrogen-bond donors (Lipinski definition) is 1. The molecule has 0 atom stereocenters. The van der Waals surface area contributed by atoms with E-state index in [2.05, 4.69) is 12.2 Å². The average Bonchev–Trinajstić information content (AvgIpc) is 2.27. The third kappa shape index (κ3) is 5.75. The lowest BCUT2D eigenvalue weighted by molar-refractivity contribution is 0.0975. The van der Waals surface area contributed by atoms with E-state index in [1.165, 1.54) is 5.56 Å². The van der Waals surface area contributed by atoms with Crippen LogP contribution in [0, 0.1) is 0 Å². The molecule has 1 N–H and O–H groups in total. The molecule has 0 spiro atoms. The van der Waals surface area contributed by atoms with Gasteiger partial charge in [0.1, 0.15) is 0 Å². The lowest BCUT2D eigenvalue weighted by Crippen LogP contribution is -2.24. The van der Waals surface area contributed by atoms with Crippen molar-refractivity contribution in [2.45, 2.75) is 26.4 Å². The molecule has 0 unspecified atom stereocenters. The van der Waals surface area contributed by atoms with Crippen LogP contribution in [0.3, 0.4) is 0 Å². The van der Waals surface area contributed by atoms with Crippen LogP contribution in [0.2, 0.25) is 0 Å². The molecule has 0 heterocycles. The van der Waals surface area contributed by atoms with Crippen LogP contribution in [-0.2, 0) is 13.1 Å². The quantitative estimate of drug-likeness (QED) is 0.790. The van der Waals surface area contributed by atoms with E-state index in [-0.39, 0.29) is 6.54 Å². The summed E-state index contributed by atoms with van der Waals surface area (Å²) < 4.78 is 24.3. The summed E-state index contributed by atoms with van der Waals surface area (Å²) in [6.45, 7) is 4.24. The van der Waals surface area contributed by atoms with Crippen molar-refractivity contribution in [3.05, 3.63) is 35.4 Å². The van der Waals surface area contributed by atoms with Crippen LogP contribution in [0.5, 0.6) is 0 Å². The van der Waals surface area contributed by atoms with Gasteiger partial charge in [-0.2, -0.15) is 0 Å². The van der Waals surface area contributed by atoms with Crippen molar-refractivity contribution in [1.82, 2.24) is 10.2 Å². The Labute approximate surface area is 102 Å². The van der Waals surface area contributed by atoms with Crippen molar-refractivity contribution in [1.29, 1.82) is 0 Å². The molecule has 1 aromatic rings. The van der Waals surface area contributed by atoms with Gasteiger partial charge in [-0.3, -0.25) is 4.90 Å². The molecule has 0 aromatic heterocycles. The Bertz CT molecular complexity index is 312. The molecule has 0 fully saturated rings. The molecule has 96 valence electrons. The summed E-state index contributed by atoms with van der Waals surface area (Å²) in [5, 5.41) is 3.24. The van der Waals surface area contributed by atoms with Gasteiger partial charge in [0.15, 0.2) is 0 Å². The summed E-state index contributed by atoms with van der Waals surface area (Å²) in [6.07, 6.45) is -2.27. The van der Waals surface area contributed by atoms with Crippen LogP contribution < -0.4 is 5.32 Å². The number of halogens is 2. The highest BCUT2D eigenvalue weighted by molar-refractivity contribution is 5.22. The second-order valence-electron chi connectivity index (χ2n) is 4.18. The topological polar surface area (TPSA) is 15.3 Å². The molecular formula is C13H20F2N2. The summed E-state index contributed by atoms with van der Waals surface area (Å²) in [4.78, 5) is 1.63. The largest absolute Gasteiger partial charge is 0.313 e. The summed E-state index contributed by atoms with van der Waals surface area (Å²) >= 11 is 0. The first-order valence-electron chi connectivity index (χ1n) is 5.87. The standard InChI is InChI=1S/C13H20F2N2/c1-3-16-8-11-4-6-12(7-5-11)9-17(2)10-13(14)15/h4-7,13,16H,3,8-10H2,1-2H3. The fraction of sp³-hybridized carbons (Fsp3) is 0.538. The molecule has 0 bridgehead atoms. The van der Waals surface area contributed by atoms with Crippen molar-refractivity contribution in [3.8, 4) is 0 Å². The van der Waals surface area contributed by atoms with Gasteiger partial charge in [-0.1, -0.05) is 31.2 Å². The number of nitrogens with one attached hydrogen (secondary N) is 1. The van der Waals surface area contributed by atoms with Gasteiger partial charge >= 0.3 is 0 Å².